The topological polar surface area (TPSA) is 75.2 Å². The maximum atomic E-state index is 14.9. The minimum Gasteiger partial charge on any atom is -0.351 e. The Morgan fingerprint density at radius 2 is 1.97 bits per heavy atom. The minimum atomic E-state index is -1.15. The Morgan fingerprint density at radius 3 is 2.59 bits per heavy atom. The first-order chi connectivity index (χ1) is 14.1. The van der Waals surface area contributed by atoms with Gasteiger partial charge in [0.2, 0.25) is 5.91 Å². The molecule has 4 rings (SSSR count). The Labute approximate surface area is 177 Å². The van der Waals surface area contributed by atoms with E-state index in [4.69, 9.17) is 11.6 Å². The van der Waals surface area contributed by atoms with Crippen LogP contribution in [0.25, 0.3) is 0 Å². The Hall–Kier alpha value is -2.06. The lowest BCUT2D eigenvalue weighted by Gasteiger charge is -2.33. The Balaban J connectivity index is 1.72. The van der Waals surface area contributed by atoms with Crippen LogP contribution in [-0.4, -0.2) is 38.4 Å². The summed E-state index contributed by atoms with van der Waals surface area (Å²) < 4.78 is 18.6. The second-order valence-corrected chi connectivity index (χ2v) is 8.63. The molecule has 2 aliphatic rings. The summed E-state index contributed by atoms with van der Waals surface area (Å²) in [6, 6.07) is 3.03. The summed E-state index contributed by atoms with van der Waals surface area (Å²) in [5.41, 5.74) is 0.191. The second kappa shape index (κ2) is 8.75. The number of rotatable bonds is 6. The van der Waals surface area contributed by atoms with Crippen LogP contribution in [0.1, 0.15) is 67.0 Å². The minimum absolute atomic E-state index is 0.0291. The standard InChI is InChI=1S/C20H22ClFN4O2S/c21-14-7-4-8-15(22)17(14)18(19(27)23-12-5-2-1-3-6-12)26(13-9-10-13)20(28)16-11-29-25-24-16/h4,7-8,11-13,18H,1-3,5-6,9-10H2,(H,23,27)/t18-/m1/s1. The van der Waals surface area contributed by atoms with Crippen LogP contribution in [0.15, 0.2) is 23.6 Å². The summed E-state index contributed by atoms with van der Waals surface area (Å²) in [5, 5.41) is 8.57. The van der Waals surface area contributed by atoms with Crippen molar-refractivity contribution in [2.75, 3.05) is 0 Å². The number of benzene rings is 1. The number of nitrogens with zero attached hydrogens (tertiary/aromatic N) is 3. The van der Waals surface area contributed by atoms with Gasteiger partial charge in [-0.2, -0.15) is 0 Å². The summed E-state index contributed by atoms with van der Waals surface area (Å²) in [5.74, 6) is -1.42. The molecule has 2 aliphatic carbocycles. The summed E-state index contributed by atoms with van der Waals surface area (Å²) in [7, 11) is 0. The fourth-order valence-corrected chi connectivity index (χ4v) is 4.63. The van der Waals surface area contributed by atoms with Crippen LogP contribution in [0.2, 0.25) is 5.02 Å². The SMILES string of the molecule is O=C(NC1CCCCC1)[C@@H](c1c(F)cccc1Cl)N(C(=O)c1csnn1)C1CC1. The van der Waals surface area contributed by atoms with Crippen LogP contribution in [0, 0.1) is 5.82 Å². The zero-order chi connectivity index (χ0) is 20.4. The molecule has 1 heterocycles. The van der Waals surface area contributed by atoms with Crippen LogP contribution in [0.5, 0.6) is 0 Å². The van der Waals surface area contributed by atoms with Crippen molar-refractivity contribution in [2.45, 2.75) is 63.1 Å². The summed E-state index contributed by atoms with van der Waals surface area (Å²) in [4.78, 5) is 28.0. The van der Waals surface area contributed by atoms with Gasteiger partial charge in [0, 0.05) is 28.0 Å². The van der Waals surface area contributed by atoms with Gasteiger partial charge in [-0.05, 0) is 49.3 Å². The van der Waals surface area contributed by atoms with Crippen LogP contribution >= 0.6 is 23.1 Å². The van der Waals surface area contributed by atoms with E-state index in [-0.39, 0.29) is 28.4 Å². The van der Waals surface area contributed by atoms with Gasteiger partial charge >= 0.3 is 0 Å². The van der Waals surface area contributed by atoms with Crippen molar-refractivity contribution in [3.05, 3.63) is 45.7 Å². The van der Waals surface area contributed by atoms with Gasteiger partial charge in [0.05, 0.1) is 0 Å². The zero-order valence-electron chi connectivity index (χ0n) is 15.8. The van der Waals surface area contributed by atoms with E-state index in [0.717, 1.165) is 56.5 Å². The summed E-state index contributed by atoms with van der Waals surface area (Å²) in [6.07, 6.45) is 6.52. The third kappa shape index (κ3) is 4.43. The van der Waals surface area contributed by atoms with Gasteiger partial charge in [0.15, 0.2) is 5.69 Å². The van der Waals surface area contributed by atoms with E-state index in [1.54, 1.807) is 6.07 Å². The highest BCUT2D eigenvalue weighted by molar-refractivity contribution is 7.03. The quantitative estimate of drug-likeness (QED) is 0.738. The fraction of sp³-hybridized carbons (Fsp3) is 0.500. The largest absolute Gasteiger partial charge is 0.351 e. The maximum Gasteiger partial charge on any atom is 0.276 e. The molecule has 2 aromatic rings. The van der Waals surface area contributed by atoms with Crippen molar-refractivity contribution in [2.24, 2.45) is 0 Å². The average molecular weight is 437 g/mol. The van der Waals surface area contributed by atoms with E-state index in [9.17, 15) is 14.0 Å². The smallest absolute Gasteiger partial charge is 0.276 e. The van der Waals surface area contributed by atoms with Gasteiger partial charge in [-0.15, -0.1) is 5.10 Å². The number of carbonyl (C=O) groups excluding carboxylic acids is 2. The van der Waals surface area contributed by atoms with Crippen molar-refractivity contribution < 1.29 is 14.0 Å². The lowest BCUT2D eigenvalue weighted by atomic mass is 9.94. The lowest BCUT2D eigenvalue weighted by molar-refractivity contribution is -0.127. The number of carbonyl (C=O) groups is 2. The van der Waals surface area contributed by atoms with Gasteiger partial charge in [-0.25, -0.2) is 4.39 Å². The normalized spacial score (nSPS) is 18.3. The molecule has 2 fully saturated rings. The highest BCUT2D eigenvalue weighted by Gasteiger charge is 2.44. The van der Waals surface area contributed by atoms with Gasteiger partial charge in [-0.1, -0.05) is 41.4 Å². The number of amides is 2. The number of hydrogen-bond donors (Lipinski definition) is 1. The van der Waals surface area contributed by atoms with E-state index in [1.165, 1.54) is 22.4 Å². The van der Waals surface area contributed by atoms with Crippen LogP contribution in [0.3, 0.4) is 0 Å². The molecule has 1 aromatic carbocycles. The first-order valence-corrected chi connectivity index (χ1v) is 11.1. The number of hydrogen-bond acceptors (Lipinski definition) is 5. The van der Waals surface area contributed by atoms with Crippen molar-refractivity contribution in [1.82, 2.24) is 19.8 Å². The molecule has 1 aromatic heterocycles. The molecule has 0 aliphatic heterocycles. The zero-order valence-corrected chi connectivity index (χ0v) is 17.4. The molecule has 2 saturated carbocycles. The number of halogens is 2. The number of nitrogens with one attached hydrogen (secondary N) is 1. The van der Waals surface area contributed by atoms with Crippen molar-refractivity contribution in [3.8, 4) is 0 Å². The van der Waals surface area contributed by atoms with Crippen LogP contribution in [0.4, 0.5) is 4.39 Å². The number of aromatic nitrogens is 2. The predicted molar refractivity (Wildman–Crippen MR) is 108 cm³/mol. The molecular formula is C20H22ClFN4O2S. The van der Waals surface area contributed by atoms with E-state index in [0.29, 0.717) is 0 Å². The van der Waals surface area contributed by atoms with Crippen molar-refractivity contribution in [1.29, 1.82) is 0 Å². The molecule has 0 spiro atoms. The third-order valence-electron chi connectivity index (χ3n) is 5.51. The molecule has 1 N–H and O–H groups in total. The molecule has 0 radical (unpaired) electrons. The monoisotopic (exact) mass is 436 g/mol. The molecule has 9 heteroatoms. The Morgan fingerprint density at radius 1 is 1.21 bits per heavy atom. The Kier molecular flexibility index (Phi) is 6.10. The summed E-state index contributed by atoms with van der Waals surface area (Å²) in [6.45, 7) is 0. The molecule has 2 amide bonds. The highest BCUT2D eigenvalue weighted by Crippen LogP contribution is 2.39. The second-order valence-electron chi connectivity index (χ2n) is 7.62. The van der Waals surface area contributed by atoms with E-state index >= 15 is 0 Å². The Bertz CT molecular complexity index is 864. The van der Waals surface area contributed by atoms with E-state index in [1.807, 2.05) is 0 Å². The highest BCUT2D eigenvalue weighted by atomic mass is 35.5. The van der Waals surface area contributed by atoms with Gasteiger partial charge in [-0.3, -0.25) is 9.59 Å². The molecule has 6 nitrogen and oxygen atoms in total. The first-order valence-electron chi connectivity index (χ1n) is 9.90. The van der Waals surface area contributed by atoms with Crippen LogP contribution < -0.4 is 5.32 Å². The molecular weight excluding hydrogens is 415 g/mol. The van der Waals surface area contributed by atoms with Gasteiger partial charge < -0.3 is 10.2 Å². The third-order valence-corrected chi connectivity index (χ3v) is 6.34. The van der Waals surface area contributed by atoms with Gasteiger partial charge in [0.25, 0.3) is 5.91 Å². The molecule has 154 valence electrons. The van der Waals surface area contributed by atoms with E-state index < -0.39 is 23.7 Å². The molecule has 0 bridgehead atoms. The lowest BCUT2D eigenvalue weighted by Crippen LogP contribution is -2.48. The van der Waals surface area contributed by atoms with Crippen molar-refractivity contribution in [3.63, 3.8) is 0 Å². The van der Waals surface area contributed by atoms with Crippen molar-refractivity contribution >= 4 is 34.9 Å². The van der Waals surface area contributed by atoms with Crippen LogP contribution in [-0.2, 0) is 4.79 Å². The fourth-order valence-electron chi connectivity index (χ4n) is 3.93. The molecule has 0 saturated heterocycles. The molecule has 0 unspecified atom stereocenters. The predicted octanol–water partition coefficient (Wildman–Crippen LogP) is 4.13. The molecule has 1 atom stereocenters. The maximum absolute atomic E-state index is 14.9. The van der Waals surface area contributed by atoms with E-state index in [2.05, 4.69) is 14.9 Å². The average Bonchev–Trinajstić information content (AvgIpc) is 3.39. The molecule has 29 heavy (non-hydrogen) atoms. The van der Waals surface area contributed by atoms with Gasteiger partial charge in [0.1, 0.15) is 11.9 Å². The first kappa shape index (κ1) is 20.2. The summed E-state index contributed by atoms with van der Waals surface area (Å²) >= 11 is 7.38.